The van der Waals surface area contributed by atoms with Gasteiger partial charge < -0.3 is 33.6 Å². The van der Waals surface area contributed by atoms with Crippen LogP contribution in [0.2, 0.25) is 0 Å². The summed E-state index contributed by atoms with van der Waals surface area (Å²) in [6.45, 7) is 7.05. The van der Waals surface area contributed by atoms with Crippen molar-refractivity contribution >= 4 is 39.5 Å². The molecule has 0 saturated carbocycles. The molecule has 1 N–H and O–H groups in total. The number of hydrogen-bond acceptors (Lipinski definition) is 10. The van der Waals surface area contributed by atoms with Gasteiger partial charge in [0.25, 0.3) is 11.8 Å². The van der Waals surface area contributed by atoms with Crippen LogP contribution in [-0.2, 0) is 30.8 Å². The second kappa shape index (κ2) is 17.5. The number of fused-ring (bicyclic) bond motifs is 4. The highest BCUT2D eigenvalue weighted by atomic mass is 16.6. The van der Waals surface area contributed by atoms with Crippen molar-refractivity contribution in [2.75, 3.05) is 59.5 Å². The number of rotatable bonds is 16. The quantitative estimate of drug-likeness (QED) is 0.0861. The molecule has 13 heteroatoms. The summed E-state index contributed by atoms with van der Waals surface area (Å²) in [6, 6.07) is 16.2. The summed E-state index contributed by atoms with van der Waals surface area (Å²) in [5.41, 5.74) is 6.14. The Morgan fingerprint density at radius 3 is 2.25 bits per heavy atom. The fraction of sp³-hybridized carbons (Fsp3) is 0.310. The van der Waals surface area contributed by atoms with Crippen LogP contribution in [0.15, 0.2) is 85.5 Å². The van der Waals surface area contributed by atoms with E-state index in [0.717, 1.165) is 32.4 Å². The average Bonchev–Trinajstić information content (AvgIpc) is 3.62. The third-order valence-corrected chi connectivity index (χ3v) is 9.43. The molecule has 0 spiro atoms. The maximum absolute atomic E-state index is 13.0. The molecule has 5 heterocycles. The first kappa shape index (κ1) is 37.4. The van der Waals surface area contributed by atoms with Gasteiger partial charge in [0, 0.05) is 53.2 Å². The number of nitrogens with one attached hydrogen (secondary N) is 1. The smallest absolute Gasteiger partial charge is 0.262 e. The third kappa shape index (κ3) is 8.58. The summed E-state index contributed by atoms with van der Waals surface area (Å²) in [4.78, 5) is 48.1. The van der Waals surface area contributed by atoms with E-state index in [1.165, 1.54) is 11.5 Å². The molecular formula is C42H41N5O8. The molecule has 55 heavy (non-hydrogen) atoms. The fourth-order valence-corrected chi connectivity index (χ4v) is 6.62. The monoisotopic (exact) mass is 743 g/mol. The van der Waals surface area contributed by atoms with E-state index < -0.39 is 23.8 Å². The summed E-state index contributed by atoms with van der Waals surface area (Å²) in [5, 5.41) is 4.95. The lowest BCUT2D eigenvalue weighted by Gasteiger charge is -2.29. The molecular weight excluding hydrogens is 702 g/mol. The van der Waals surface area contributed by atoms with E-state index in [1.807, 2.05) is 36.8 Å². The molecule has 13 nitrogen and oxygen atoms in total. The van der Waals surface area contributed by atoms with Crippen molar-refractivity contribution in [1.82, 2.24) is 24.8 Å². The van der Waals surface area contributed by atoms with Crippen molar-refractivity contribution in [2.24, 2.45) is 7.05 Å². The molecule has 2 aliphatic heterocycles. The topological polar surface area (TPSA) is 143 Å². The summed E-state index contributed by atoms with van der Waals surface area (Å²) >= 11 is 0. The van der Waals surface area contributed by atoms with Crippen molar-refractivity contribution < 1.29 is 38.1 Å². The number of amides is 3. The first-order valence-corrected chi connectivity index (χ1v) is 18.1. The highest BCUT2D eigenvalue weighted by molar-refractivity contribution is 6.23. The predicted octanol–water partition coefficient (Wildman–Crippen LogP) is 4.67. The lowest BCUT2D eigenvalue weighted by molar-refractivity contribution is -0.125. The second-order valence-corrected chi connectivity index (χ2v) is 13.0. The van der Waals surface area contributed by atoms with Crippen LogP contribution in [0.5, 0.6) is 5.75 Å². The highest BCUT2D eigenvalue weighted by Crippen LogP contribution is 2.32. The highest BCUT2D eigenvalue weighted by Gasteiger charge is 2.44. The maximum atomic E-state index is 13.0. The van der Waals surface area contributed by atoms with Gasteiger partial charge in [-0.2, -0.15) is 0 Å². The largest absolute Gasteiger partial charge is 0.491 e. The number of imide groups is 1. The number of aromatic nitrogens is 3. The van der Waals surface area contributed by atoms with Crippen LogP contribution in [0.3, 0.4) is 0 Å². The van der Waals surface area contributed by atoms with Crippen molar-refractivity contribution in [2.45, 2.75) is 18.9 Å². The van der Waals surface area contributed by atoms with Gasteiger partial charge in [0.2, 0.25) is 5.91 Å². The molecule has 7 rings (SSSR count). The number of carbonyl (C=O) groups excluding carboxylic acids is 3. The Morgan fingerprint density at radius 1 is 0.782 bits per heavy atom. The molecule has 5 aromatic rings. The van der Waals surface area contributed by atoms with Gasteiger partial charge in [-0.05, 0) is 60.7 Å². The Labute approximate surface area is 318 Å². The molecule has 1 fully saturated rings. The molecule has 0 bridgehead atoms. The SMILES string of the molecule is C=C1CCC(N2C(=O)c3ccc(OCCOCCOCCOCCOCC#Cc4ccc(-c5ccc6c7cnccc7n(C)c6c5)cn4)cc3C2=O)C(=O)N1. The van der Waals surface area contributed by atoms with E-state index in [2.05, 4.69) is 63.5 Å². The van der Waals surface area contributed by atoms with Gasteiger partial charge >= 0.3 is 0 Å². The van der Waals surface area contributed by atoms with Gasteiger partial charge in [0.15, 0.2) is 0 Å². The van der Waals surface area contributed by atoms with Crippen LogP contribution >= 0.6 is 0 Å². The Morgan fingerprint density at radius 2 is 1.51 bits per heavy atom. The molecule has 3 amide bonds. The first-order chi connectivity index (χ1) is 26.9. The molecule has 2 aromatic carbocycles. The number of piperidine rings is 1. The summed E-state index contributed by atoms with van der Waals surface area (Å²) < 4.78 is 30.1. The van der Waals surface area contributed by atoms with Gasteiger partial charge in [0.1, 0.15) is 30.7 Å². The number of ether oxygens (including phenoxy) is 5. The zero-order valence-electron chi connectivity index (χ0n) is 30.5. The van der Waals surface area contributed by atoms with Crippen LogP contribution in [0.25, 0.3) is 32.9 Å². The number of nitrogens with zero attached hydrogens (tertiary/aromatic N) is 4. The average molecular weight is 744 g/mol. The number of pyridine rings is 2. The third-order valence-electron chi connectivity index (χ3n) is 9.43. The lowest BCUT2D eigenvalue weighted by atomic mass is 10.0. The minimum Gasteiger partial charge on any atom is -0.491 e. The minimum absolute atomic E-state index is 0.220. The molecule has 3 aromatic heterocycles. The van der Waals surface area contributed by atoms with Gasteiger partial charge in [-0.15, -0.1) is 0 Å². The molecule has 1 atom stereocenters. The van der Waals surface area contributed by atoms with Crippen molar-refractivity contribution in [3.05, 3.63) is 102 Å². The van der Waals surface area contributed by atoms with Gasteiger partial charge in [-0.25, -0.2) is 4.98 Å². The van der Waals surface area contributed by atoms with Crippen LogP contribution in [0.1, 0.15) is 39.3 Å². The van der Waals surface area contributed by atoms with Gasteiger partial charge in [0.05, 0.1) is 62.9 Å². The molecule has 1 unspecified atom stereocenters. The molecule has 2 aliphatic rings. The minimum atomic E-state index is -0.854. The lowest BCUT2D eigenvalue weighted by Crippen LogP contribution is -2.51. The predicted molar refractivity (Wildman–Crippen MR) is 204 cm³/mol. The van der Waals surface area contributed by atoms with Crippen LogP contribution in [0, 0.1) is 11.8 Å². The van der Waals surface area contributed by atoms with E-state index in [0.29, 0.717) is 76.2 Å². The fourth-order valence-electron chi connectivity index (χ4n) is 6.62. The van der Waals surface area contributed by atoms with Crippen molar-refractivity contribution in [3.63, 3.8) is 0 Å². The molecule has 0 aliphatic carbocycles. The normalized spacial score (nSPS) is 15.4. The van der Waals surface area contributed by atoms with Crippen LogP contribution in [0.4, 0.5) is 0 Å². The Kier molecular flexibility index (Phi) is 11.9. The van der Waals surface area contributed by atoms with E-state index in [-0.39, 0.29) is 24.3 Å². The van der Waals surface area contributed by atoms with E-state index >= 15 is 0 Å². The zero-order valence-corrected chi connectivity index (χ0v) is 30.5. The Hall–Kier alpha value is -5.91. The summed E-state index contributed by atoms with van der Waals surface area (Å²) in [7, 11) is 2.07. The molecule has 0 radical (unpaired) electrons. The van der Waals surface area contributed by atoms with Crippen molar-refractivity contribution in [1.29, 1.82) is 0 Å². The van der Waals surface area contributed by atoms with E-state index in [9.17, 15) is 14.4 Å². The van der Waals surface area contributed by atoms with Gasteiger partial charge in [-0.3, -0.25) is 24.3 Å². The van der Waals surface area contributed by atoms with Crippen molar-refractivity contribution in [3.8, 4) is 28.7 Å². The van der Waals surface area contributed by atoms with E-state index in [4.69, 9.17) is 23.7 Å². The number of hydrogen-bond donors (Lipinski definition) is 1. The standard InChI is InChI=1S/C42H41N5O8/c1-28-5-12-38(40(48)45-28)47-41(49)34-11-9-32(25-35(34)42(47)50)55-23-22-54-21-20-53-19-18-52-17-16-51-15-3-4-31-8-6-30(26-44-31)29-7-10-33-36-27-43-14-13-37(36)46(2)39(33)24-29/h6-11,13-14,24-27,38H,1,5,12,15-23H2,2H3,(H,45,48). The summed E-state index contributed by atoms with van der Waals surface area (Å²) in [5.74, 6) is 5.08. The Bertz CT molecular complexity index is 2290. The van der Waals surface area contributed by atoms with E-state index in [1.54, 1.807) is 12.1 Å². The number of aryl methyl sites for hydroxylation is 1. The molecule has 1 saturated heterocycles. The van der Waals surface area contributed by atoms with Gasteiger partial charge in [-0.1, -0.05) is 30.7 Å². The molecule has 282 valence electrons. The van der Waals surface area contributed by atoms with Crippen LogP contribution < -0.4 is 10.1 Å². The Balaban J connectivity index is 0.712. The van der Waals surface area contributed by atoms with Crippen LogP contribution in [-0.4, -0.2) is 103 Å². The number of carbonyl (C=O) groups is 3. The number of benzene rings is 2. The first-order valence-electron chi connectivity index (χ1n) is 18.1. The second-order valence-electron chi connectivity index (χ2n) is 13.0. The maximum Gasteiger partial charge on any atom is 0.262 e. The summed E-state index contributed by atoms with van der Waals surface area (Å²) in [6.07, 6.45) is 6.42. The zero-order chi connectivity index (χ0) is 38.1. The number of allylic oxidation sites excluding steroid dienone is 1.